The summed E-state index contributed by atoms with van der Waals surface area (Å²) < 4.78 is 0. The number of carboxylic acids is 1. The van der Waals surface area contributed by atoms with E-state index in [0.717, 1.165) is 0 Å². The van der Waals surface area contributed by atoms with Gasteiger partial charge in [0.05, 0.1) is 18.8 Å². The highest BCUT2D eigenvalue weighted by molar-refractivity contribution is 7.98. The minimum Gasteiger partial charge on any atom is -0.480 e. The van der Waals surface area contributed by atoms with Gasteiger partial charge in [-0.2, -0.15) is 11.8 Å². The zero-order chi connectivity index (χ0) is 21.1. The van der Waals surface area contributed by atoms with Crippen molar-refractivity contribution in [1.29, 1.82) is 0 Å². The van der Waals surface area contributed by atoms with Crippen molar-refractivity contribution in [3.63, 3.8) is 0 Å². The molecule has 5 unspecified atom stereocenters. The van der Waals surface area contributed by atoms with Crippen LogP contribution >= 0.6 is 11.8 Å². The number of rotatable bonds is 12. The molecule has 156 valence electrons. The van der Waals surface area contributed by atoms with Crippen LogP contribution in [0.3, 0.4) is 0 Å². The molecule has 12 heteroatoms. The van der Waals surface area contributed by atoms with Crippen LogP contribution in [-0.4, -0.2) is 87.9 Å². The van der Waals surface area contributed by atoms with Crippen molar-refractivity contribution >= 4 is 35.5 Å². The van der Waals surface area contributed by atoms with Crippen LogP contribution in [0, 0.1) is 0 Å². The molecule has 0 radical (unpaired) electrons. The maximum atomic E-state index is 12.2. The topological polar surface area (TPSA) is 191 Å². The Balaban J connectivity index is 4.78. The Morgan fingerprint density at radius 2 is 1.63 bits per heavy atom. The van der Waals surface area contributed by atoms with Crippen molar-refractivity contribution in [2.24, 2.45) is 5.73 Å². The van der Waals surface area contributed by atoms with Crippen molar-refractivity contribution in [1.82, 2.24) is 16.0 Å². The summed E-state index contributed by atoms with van der Waals surface area (Å²) in [6.45, 7) is 2.03. The van der Waals surface area contributed by atoms with Gasteiger partial charge < -0.3 is 37.0 Å². The van der Waals surface area contributed by atoms with Crippen LogP contribution in [0.1, 0.15) is 20.3 Å². The number of aliphatic hydroxyl groups excluding tert-OH is 2. The predicted octanol–water partition coefficient (Wildman–Crippen LogP) is -3.00. The van der Waals surface area contributed by atoms with E-state index < -0.39 is 60.6 Å². The third-order valence-electron chi connectivity index (χ3n) is 3.55. The second-order valence-corrected chi connectivity index (χ2v) is 6.94. The molecule has 0 aromatic carbocycles. The first-order valence-electron chi connectivity index (χ1n) is 8.22. The summed E-state index contributed by atoms with van der Waals surface area (Å²) in [5, 5.41) is 34.8. The van der Waals surface area contributed by atoms with Gasteiger partial charge in [-0.05, 0) is 32.3 Å². The lowest BCUT2D eigenvalue weighted by Crippen LogP contribution is -2.57. The Morgan fingerprint density at radius 3 is 2.07 bits per heavy atom. The molecule has 0 rings (SSSR count). The molecule has 0 heterocycles. The number of thioether (sulfide) groups is 1. The van der Waals surface area contributed by atoms with Gasteiger partial charge in [-0.1, -0.05) is 0 Å². The van der Waals surface area contributed by atoms with Crippen LogP contribution in [0.2, 0.25) is 0 Å². The van der Waals surface area contributed by atoms with E-state index in [-0.39, 0.29) is 6.42 Å². The van der Waals surface area contributed by atoms with Crippen LogP contribution in [-0.2, 0) is 19.2 Å². The number of hydrogen-bond acceptors (Lipinski definition) is 8. The lowest BCUT2D eigenvalue weighted by atomic mass is 10.1. The Morgan fingerprint density at radius 1 is 1.04 bits per heavy atom. The average Bonchev–Trinajstić information content (AvgIpc) is 2.59. The largest absolute Gasteiger partial charge is 0.480 e. The quantitative estimate of drug-likeness (QED) is 0.176. The first-order valence-corrected chi connectivity index (χ1v) is 9.61. The van der Waals surface area contributed by atoms with E-state index in [1.807, 2.05) is 0 Å². The SMILES string of the molecule is CSCCC(NC(=O)C(NC(=O)CNC(=O)C(N)C(C)O)C(C)O)C(=O)O. The zero-order valence-corrected chi connectivity index (χ0v) is 16.3. The second kappa shape index (κ2) is 12.5. The minimum atomic E-state index is -1.41. The van der Waals surface area contributed by atoms with Crippen molar-refractivity contribution < 1.29 is 34.5 Å². The highest BCUT2D eigenvalue weighted by Crippen LogP contribution is 2.03. The van der Waals surface area contributed by atoms with Gasteiger partial charge in [0.15, 0.2) is 0 Å². The number of hydrogen-bond donors (Lipinski definition) is 7. The first kappa shape index (κ1) is 25.1. The van der Waals surface area contributed by atoms with Gasteiger partial charge >= 0.3 is 5.97 Å². The van der Waals surface area contributed by atoms with Crippen molar-refractivity contribution in [2.75, 3.05) is 18.6 Å². The summed E-state index contributed by atoms with van der Waals surface area (Å²) in [4.78, 5) is 46.9. The number of carbonyl (C=O) groups excluding carboxylic acids is 3. The number of nitrogens with one attached hydrogen (secondary N) is 3. The third kappa shape index (κ3) is 9.56. The smallest absolute Gasteiger partial charge is 0.326 e. The summed E-state index contributed by atoms with van der Waals surface area (Å²) in [6, 6.07) is -3.79. The van der Waals surface area contributed by atoms with Crippen LogP contribution in [0.4, 0.5) is 0 Å². The molecule has 0 saturated heterocycles. The molecule has 0 aromatic heterocycles. The van der Waals surface area contributed by atoms with Gasteiger partial charge in [-0.25, -0.2) is 4.79 Å². The highest BCUT2D eigenvalue weighted by atomic mass is 32.2. The fourth-order valence-electron chi connectivity index (χ4n) is 1.89. The highest BCUT2D eigenvalue weighted by Gasteiger charge is 2.29. The summed E-state index contributed by atoms with van der Waals surface area (Å²) in [7, 11) is 0. The minimum absolute atomic E-state index is 0.177. The summed E-state index contributed by atoms with van der Waals surface area (Å²) in [5.74, 6) is -3.15. The molecule has 0 bridgehead atoms. The van der Waals surface area contributed by atoms with E-state index in [1.165, 1.54) is 25.6 Å². The van der Waals surface area contributed by atoms with Crippen molar-refractivity contribution in [2.45, 2.75) is 50.6 Å². The molecule has 0 saturated carbocycles. The van der Waals surface area contributed by atoms with E-state index in [9.17, 15) is 29.4 Å². The molecular formula is C15H28N4O7S. The van der Waals surface area contributed by atoms with Crippen molar-refractivity contribution in [3.8, 4) is 0 Å². The molecule has 0 aromatic rings. The Bertz CT molecular complexity index is 530. The molecule has 0 aliphatic heterocycles. The fraction of sp³-hybridized carbons (Fsp3) is 0.733. The molecular weight excluding hydrogens is 380 g/mol. The summed E-state index contributed by atoms with van der Waals surface area (Å²) >= 11 is 1.41. The molecule has 0 fully saturated rings. The molecule has 11 nitrogen and oxygen atoms in total. The normalized spacial score (nSPS) is 16.4. The lowest BCUT2D eigenvalue weighted by Gasteiger charge is -2.23. The third-order valence-corrected chi connectivity index (χ3v) is 4.20. The van der Waals surface area contributed by atoms with Gasteiger partial charge in [0, 0.05) is 0 Å². The van der Waals surface area contributed by atoms with Crippen LogP contribution in [0.15, 0.2) is 0 Å². The number of nitrogens with two attached hydrogens (primary N) is 1. The molecule has 0 aliphatic carbocycles. The molecule has 8 N–H and O–H groups in total. The number of carbonyl (C=O) groups is 4. The Labute approximate surface area is 161 Å². The van der Waals surface area contributed by atoms with Gasteiger partial charge in [-0.15, -0.1) is 0 Å². The number of carboxylic acid groups (broad SMARTS) is 1. The molecule has 27 heavy (non-hydrogen) atoms. The molecule has 3 amide bonds. The standard InChI is InChI=1S/C15H28N4O7S/c1-7(20)11(16)13(23)17-6-10(22)19-12(8(2)21)14(24)18-9(15(25)26)4-5-27-3/h7-9,11-12,20-21H,4-6,16H2,1-3H3,(H,17,23)(H,18,24)(H,19,22)(H,25,26). The van der Waals surface area contributed by atoms with E-state index in [4.69, 9.17) is 10.8 Å². The van der Waals surface area contributed by atoms with Gasteiger partial charge in [0.25, 0.3) is 0 Å². The Hall–Kier alpha value is -1.89. The number of aliphatic hydroxyl groups is 2. The van der Waals surface area contributed by atoms with Gasteiger partial charge in [0.2, 0.25) is 17.7 Å². The van der Waals surface area contributed by atoms with E-state index in [2.05, 4.69) is 16.0 Å². The fourth-order valence-corrected chi connectivity index (χ4v) is 2.36. The Kier molecular flexibility index (Phi) is 11.6. The first-order chi connectivity index (χ1) is 12.5. The monoisotopic (exact) mass is 408 g/mol. The van der Waals surface area contributed by atoms with E-state index >= 15 is 0 Å². The predicted molar refractivity (Wildman–Crippen MR) is 98.8 cm³/mol. The zero-order valence-electron chi connectivity index (χ0n) is 15.5. The number of aliphatic carboxylic acids is 1. The van der Waals surface area contributed by atoms with Gasteiger partial charge in [0.1, 0.15) is 18.1 Å². The maximum absolute atomic E-state index is 12.2. The van der Waals surface area contributed by atoms with Crippen LogP contribution in [0.25, 0.3) is 0 Å². The molecule has 5 atom stereocenters. The van der Waals surface area contributed by atoms with Crippen molar-refractivity contribution in [3.05, 3.63) is 0 Å². The van der Waals surface area contributed by atoms with Crippen LogP contribution < -0.4 is 21.7 Å². The van der Waals surface area contributed by atoms with Crippen LogP contribution in [0.5, 0.6) is 0 Å². The molecule has 0 aliphatic rings. The second-order valence-electron chi connectivity index (χ2n) is 5.95. The average molecular weight is 408 g/mol. The lowest BCUT2D eigenvalue weighted by molar-refractivity contribution is -0.143. The maximum Gasteiger partial charge on any atom is 0.326 e. The number of amides is 3. The summed E-state index contributed by atoms with van der Waals surface area (Å²) in [6.07, 6.45) is -0.453. The summed E-state index contributed by atoms with van der Waals surface area (Å²) in [5.41, 5.74) is 5.41. The van der Waals surface area contributed by atoms with Gasteiger partial charge in [-0.3, -0.25) is 14.4 Å². The molecule has 0 spiro atoms. The van der Waals surface area contributed by atoms with E-state index in [1.54, 1.807) is 6.26 Å². The van der Waals surface area contributed by atoms with E-state index in [0.29, 0.717) is 5.75 Å².